The number of ether oxygens (including phenoxy) is 2. The summed E-state index contributed by atoms with van der Waals surface area (Å²) in [5, 5.41) is 6.98. The Bertz CT molecular complexity index is 602. The summed E-state index contributed by atoms with van der Waals surface area (Å²) in [7, 11) is 0. The van der Waals surface area contributed by atoms with E-state index in [9.17, 15) is 0 Å². The molecule has 1 aliphatic heterocycles. The largest absolute Gasteiger partial charge is 0.492 e. The van der Waals surface area contributed by atoms with Crippen LogP contribution >= 0.6 is 24.0 Å². The molecule has 3 rings (SSSR count). The molecule has 2 N–H and O–H groups in total. The Labute approximate surface area is 192 Å². The third kappa shape index (κ3) is 9.09. The van der Waals surface area contributed by atoms with E-state index in [2.05, 4.69) is 40.7 Å². The van der Waals surface area contributed by atoms with Gasteiger partial charge >= 0.3 is 0 Å². The molecule has 2 fully saturated rings. The van der Waals surface area contributed by atoms with E-state index in [1.54, 1.807) is 0 Å². The van der Waals surface area contributed by atoms with Crippen LogP contribution in [0.2, 0.25) is 0 Å². The zero-order chi connectivity index (χ0) is 19.4. The minimum absolute atomic E-state index is 0. The summed E-state index contributed by atoms with van der Waals surface area (Å²) in [6.07, 6.45) is 6.50. The van der Waals surface area contributed by atoms with Crippen LogP contribution in [0.1, 0.15) is 44.6 Å². The minimum Gasteiger partial charge on any atom is -0.492 e. The Morgan fingerprint density at radius 3 is 2.76 bits per heavy atom. The molecule has 0 radical (unpaired) electrons. The second-order valence-corrected chi connectivity index (χ2v) is 7.62. The normalized spacial score (nSPS) is 18.7. The van der Waals surface area contributed by atoms with Crippen molar-refractivity contribution in [3.63, 3.8) is 0 Å². The first-order valence-electron chi connectivity index (χ1n) is 10.9. The third-order valence-electron chi connectivity index (χ3n) is 5.39. The molecule has 1 aliphatic carbocycles. The van der Waals surface area contributed by atoms with Gasteiger partial charge in [-0.2, -0.15) is 0 Å². The molecule has 2 aliphatic rings. The number of benzene rings is 1. The molecule has 0 atom stereocenters. The Kier molecular flexibility index (Phi) is 11.7. The second-order valence-electron chi connectivity index (χ2n) is 7.62. The van der Waals surface area contributed by atoms with Crippen LogP contribution in [0.15, 0.2) is 29.3 Å². The molecule has 1 heterocycles. The Hall–Kier alpha value is -1.06. The third-order valence-corrected chi connectivity index (χ3v) is 5.39. The molecule has 164 valence electrons. The van der Waals surface area contributed by atoms with Gasteiger partial charge in [-0.25, -0.2) is 4.99 Å². The molecule has 29 heavy (non-hydrogen) atoms. The van der Waals surface area contributed by atoms with Crippen LogP contribution < -0.4 is 15.4 Å². The van der Waals surface area contributed by atoms with Crippen molar-refractivity contribution in [2.24, 2.45) is 4.99 Å². The topological polar surface area (TPSA) is 58.1 Å². The van der Waals surface area contributed by atoms with Crippen LogP contribution in [-0.4, -0.2) is 62.9 Å². The number of halogens is 1. The molecule has 1 aromatic rings. The van der Waals surface area contributed by atoms with E-state index in [1.165, 1.54) is 37.7 Å². The number of rotatable bonds is 8. The van der Waals surface area contributed by atoms with Crippen molar-refractivity contribution in [1.29, 1.82) is 0 Å². The van der Waals surface area contributed by atoms with Crippen molar-refractivity contribution in [1.82, 2.24) is 15.5 Å². The standard InChI is InChI=1S/C22H36N4O2.HI/c1-2-23-22(25-20-8-4-3-5-9-20)24-18-19-7-6-10-21(17-19)28-16-13-26-11-14-27-15-12-26;/h6-7,10,17,20H,2-5,8-9,11-16,18H2,1H3,(H2,23,24,25);1H. The van der Waals surface area contributed by atoms with E-state index in [0.29, 0.717) is 19.2 Å². The van der Waals surface area contributed by atoms with E-state index < -0.39 is 0 Å². The summed E-state index contributed by atoms with van der Waals surface area (Å²) < 4.78 is 11.3. The second kappa shape index (κ2) is 14.0. The van der Waals surface area contributed by atoms with Crippen molar-refractivity contribution in [3.05, 3.63) is 29.8 Å². The molecule has 6 nitrogen and oxygen atoms in total. The number of guanidine groups is 1. The minimum atomic E-state index is 0. The van der Waals surface area contributed by atoms with Gasteiger partial charge in [0.15, 0.2) is 5.96 Å². The maximum atomic E-state index is 5.96. The Morgan fingerprint density at radius 1 is 1.21 bits per heavy atom. The number of hydrogen-bond donors (Lipinski definition) is 2. The van der Waals surface area contributed by atoms with Gasteiger partial charge in [-0.15, -0.1) is 24.0 Å². The molecular weight excluding hydrogens is 479 g/mol. The van der Waals surface area contributed by atoms with Gasteiger partial charge < -0.3 is 20.1 Å². The van der Waals surface area contributed by atoms with E-state index >= 15 is 0 Å². The summed E-state index contributed by atoms with van der Waals surface area (Å²) in [6.45, 7) is 8.96. The van der Waals surface area contributed by atoms with Crippen LogP contribution in [0, 0.1) is 0 Å². The van der Waals surface area contributed by atoms with E-state index in [4.69, 9.17) is 14.5 Å². The molecule has 1 saturated heterocycles. The average molecular weight is 516 g/mol. The molecule has 0 amide bonds. The molecule has 0 spiro atoms. The van der Waals surface area contributed by atoms with Gasteiger partial charge in [0.2, 0.25) is 0 Å². The van der Waals surface area contributed by atoms with Crippen LogP contribution in [0.4, 0.5) is 0 Å². The van der Waals surface area contributed by atoms with Gasteiger partial charge in [0.25, 0.3) is 0 Å². The maximum Gasteiger partial charge on any atom is 0.191 e. The lowest BCUT2D eigenvalue weighted by atomic mass is 9.96. The summed E-state index contributed by atoms with van der Waals surface area (Å²) in [5.74, 6) is 1.85. The summed E-state index contributed by atoms with van der Waals surface area (Å²) in [5.41, 5.74) is 1.17. The van der Waals surface area contributed by atoms with Gasteiger partial charge in [0, 0.05) is 32.2 Å². The van der Waals surface area contributed by atoms with Gasteiger partial charge in [-0.3, -0.25) is 4.90 Å². The van der Waals surface area contributed by atoms with Crippen molar-refractivity contribution in [2.75, 3.05) is 46.0 Å². The Balaban J connectivity index is 0.00000300. The molecule has 1 aromatic carbocycles. The van der Waals surface area contributed by atoms with E-state index in [1.807, 2.05) is 6.07 Å². The number of hydrogen-bond acceptors (Lipinski definition) is 4. The molecule has 0 bridgehead atoms. The summed E-state index contributed by atoms with van der Waals surface area (Å²) in [4.78, 5) is 7.18. The van der Waals surface area contributed by atoms with E-state index in [-0.39, 0.29) is 24.0 Å². The van der Waals surface area contributed by atoms with Crippen molar-refractivity contribution in [3.8, 4) is 5.75 Å². The van der Waals surface area contributed by atoms with Gasteiger partial charge in [0.1, 0.15) is 12.4 Å². The predicted octanol–water partition coefficient (Wildman–Crippen LogP) is 3.40. The first-order chi connectivity index (χ1) is 13.8. The highest BCUT2D eigenvalue weighted by Crippen LogP contribution is 2.17. The smallest absolute Gasteiger partial charge is 0.191 e. The average Bonchev–Trinajstić information content (AvgIpc) is 2.74. The number of morpholine rings is 1. The van der Waals surface area contributed by atoms with Crippen LogP contribution in [-0.2, 0) is 11.3 Å². The fourth-order valence-corrected chi connectivity index (χ4v) is 3.78. The SMILES string of the molecule is CCNC(=NCc1cccc(OCCN2CCOCC2)c1)NC1CCCCC1.I. The number of nitrogens with one attached hydrogen (secondary N) is 2. The molecule has 7 heteroatoms. The number of aliphatic imine (C=N–C) groups is 1. The lowest BCUT2D eigenvalue weighted by Gasteiger charge is -2.26. The maximum absolute atomic E-state index is 5.96. The lowest BCUT2D eigenvalue weighted by molar-refractivity contribution is 0.0322. The fourth-order valence-electron chi connectivity index (χ4n) is 3.78. The van der Waals surface area contributed by atoms with Crippen molar-refractivity contribution < 1.29 is 9.47 Å². The molecule has 0 unspecified atom stereocenters. The van der Waals surface area contributed by atoms with Crippen molar-refractivity contribution >= 4 is 29.9 Å². The van der Waals surface area contributed by atoms with Gasteiger partial charge in [0.05, 0.1) is 19.8 Å². The highest BCUT2D eigenvalue weighted by molar-refractivity contribution is 14.0. The highest BCUT2D eigenvalue weighted by atomic mass is 127. The summed E-state index contributed by atoms with van der Waals surface area (Å²) >= 11 is 0. The lowest BCUT2D eigenvalue weighted by Crippen LogP contribution is -2.44. The predicted molar refractivity (Wildman–Crippen MR) is 129 cm³/mol. The number of nitrogens with zero attached hydrogens (tertiary/aromatic N) is 2. The molecular formula is C22H37IN4O2. The van der Waals surface area contributed by atoms with Crippen molar-refractivity contribution in [2.45, 2.75) is 51.6 Å². The highest BCUT2D eigenvalue weighted by Gasteiger charge is 2.14. The van der Waals surface area contributed by atoms with Crippen LogP contribution in [0.25, 0.3) is 0 Å². The molecule has 1 saturated carbocycles. The fraction of sp³-hybridized carbons (Fsp3) is 0.682. The molecule has 0 aromatic heterocycles. The van der Waals surface area contributed by atoms with Crippen LogP contribution in [0.5, 0.6) is 5.75 Å². The summed E-state index contributed by atoms with van der Waals surface area (Å²) in [6, 6.07) is 8.85. The first-order valence-corrected chi connectivity index (χ1v) is 10.9. The van der Waals surface area contributed by atoms with Gasteiger partial charge in [-0.1, -0.05) is 31.4 Å². The monoisotopic (exact) mass is 516 g/mol. The zero-order valence-electron chi connectivity index (χ0n) is 17.7. The quantitative estimate of drug-likeness (QED) is 0.315. The van der Waals surface area contributed by atoms with Crippen LogP contribution in [0.3, 0.4) is 0 Å². The van der Waals surface area contributed by atoms with E-state index in [0.717, 1.165) is 51.1 Å². The Morgan fingerprint density at radius 2 is 2.00 bits per heavy atom. The first kappa shape index (κ1) is 24.2. The van der Waals surface area contributed by atoms with Gasteiger partial charge in [-0.05, 0) is 37.5 Å². The zero-order valence-corrected chi connectivity index (χ0v) is 20.0.